The number of nitrogens with one attached hydrogen (secondary N) is 1. The Balaban J connectivity index is 2.14. The monoisotopic (exact) mass is 544 g/mol. The molecule has 2 aromatic carbocycles. The second kappa shape index (κ2) is 10.3. The Morgan fingerprint density at radius 1 is 0.892 bits per heavy atom. The maximum absolute atomic E-state index is 13.4. The molecular formula is C23H21F9N2O3. The molecule has 5 nitrogen and oxygen atoms in total. The number of amides is 1. The maximum atomic E-state index is 13.4. The molecule has 37 heavy (non-hydrogen) atoms. The van der Waals surface area contributed by atoms with Gasteiger partial charge in [0.15, 0.2) is 0 Å². The second-order valence-electron chi connectivity index (χ2n) is 8.36. The molecule has 1 heterocycles. The summed E-state index contributed by atoms with van der Waals surface area (Å²) in [4.78, 5) is 13.5. The van der Waals surface area contributed by atoms with Crippen LogP contribution < -0.4 is 5.32 Å². The van der Waals surface area contributed by atoms with E-state index in [9.17, 15) is 44.3 Å². The topological polar surface area (TPSA) is 50.8 Å². The molecule has 0 aromatic heterocycles. The van der Waals surface area contributed by atoms with Crippen LogP contribution in [0.25, 0.3) is 0 Å². The van der Waals surface area contributed by atoms with E-state index >= 15 is 0 Å². The molecule has 14 heteroatoms. The van der Waals surface area contributed by atoms with Crippen molar-refractivity contribution >= 4 is 11.8 Å². The van der Waals surface area contributed by atoms with Crippen molar-refractivity contribution in [3.8, 4) is 0 Å². The number of anilines is 1. The van der Waals surface area contributed by atoms with Gasteiger partial charge >= 0.3 is 24.6 Å². The summed E-state index contributed by atoms with van der Waals surface area (Å²) < 4.78 is 130. The fourth-order valence-electron chi connectivity index (χ4n) is 4.15. The van der Waals surface area contributed by atoms with E-state index < -0.39 is 65.5 Å². The minimum absolute atomic E-state index is 0.0319. The van der Waals surface area contributed by atoms with Gasteiger partial charge in [0.2, 0.25) is 0 Å². The quantitative estimate of drug-likeness (QED) is 0.417. The maximum Gasteiger partial charge on any atom is 0.416 e. The molecule has 0 spiro atoms. The van der Waals surface area contributed by atoms with Crippen molar-refractivity contribution in [2.45, 2.75) is 43.6 Å². The van der Waals surface area contributed by atoms with Gasteiger partial charge in [0, 0.05) is 19.3 Å². The molecule has 0 radical (unpaired) electrons. The van der Waals surface area contributed by atoms with Gasteiger partial charge in [-0.3, -0.25) is 4.90 Å². The van der Waals surface area contributed by atoms with Gasteiger partial charge in [-0.2, -0.15) is 39.5 Å². The summed E-state index contributed by atoms with van der Waals surface area (Å²) in [6.07, 6.45) is -16.2. The number of carbonyl (C=O) groups is 1. The summed E-state index contributed by atoms with van der Waals surface area (Å²) in [6.45, 7) is -0.756. The van der Waals surface area contributed by atoms with Crippen molar-refractivity contribution in [1.29, 1.82) is 0 Å². The first-order valence-electron chi connectivity index (χ1n) is 10.6. The number of hydrogen-bond acceptors (Lipinski definition) is 4. The van der Waals surface area contributed by atoms with Gasteiger partial charge in [-0.05, 0) is 53.9 Å². The molecular weight excluding hydrogens is 523 g/mol. The highest BCUT2D eigenvalue weighted by atomic mass is 19.4. The van der Waals surface area contributed by atoms with Gasteiger partial charge in [0.1, 0.15) is 0 Å². The molecule has 0 bridgehead atoms. The van der Waals surface area contributed by atoms with Crippen molar-refractivity contribution < 1.29 is 53.8 Å². The van der Waals surface area contributed by atoms with Crippen molar-refractivity contribution in [3.63, 3.8) is 0 Å². The van der Waals surface area contributed by atoms with E-state index in [-0.39, 0.29) is 30.3 Å². The minimum Gasteiger partial charge on any atom is -0.453 e. The normalized spacial score (nSPS) is 18.1. The van der Waals surface area contributed by atoms with Crippen LogP contribution in [0.3, 0.4) is 0 Å². The zero-order valence-electron chi connectivity index (χ0n) is 19.3. The molecule has 0 fully saturated rings. The smallest absolute Gasteiger partial charge is 0.416 e. The standard InChI is InChI=1S/C23H21F9N2O3/c1-36-11-16-9-19(17-8-13(21(24,25)26)3-4-18(17)33-16)34(20(35)37-2)10-12-5-14(22(27,28)29)7-15(6-12)23(30,31)32/h3-8,16,19,33H,9-11H2,1-2H3/t16-,19-/m0/s1. The molecule has 3 rings (SSSR count). The summed E-state index contributed by atoms with van der Waals surface area (Å²) in [7, 11) is 2.29. The lowest BCUT2D eigenvalue weighted by Crippen LogP contribution is -2.42. The first kappa shape index (κ1) is 28.4. The van der Waals surface area contributed by atoms with Crippen molar-refractivity contribution in [2.75, 3.05) is 26.1 Å². The molecule has 1 amide bonds. The molecule has 2 atom stereocenters. The van der Waals surface area contributed by atoms with Crippen LogP contribution in [0.1, 0.15) is 40.3 Å². The predicted octanol–water partition coefficient (Wildman–Crippen LogP) is 6.88. The fourth-order valence-corrected chi connectivity index (χ4v) is 4.15. The van der Waals surface area contributed by atoms with Crippen molar-refractivity contribution in [1.82, 2.24) is 4.90 Å². The Kier molecular flexibility index (Phi) is 7.91. The summed E-state index contributed by atoms with van der Waals surface area (Å²) in [5.74, 6) is 0. The summed E-state index contributed by atoms with van der Waals surface area (Å²) in [5.41, 5.74) is -4.61. The van der Waals surface area contributed by atoms with Crippen LogP contribution in [0.2, 0.25) is 0 Å². The largest absolute Gasteiger partial charge is 0.453 e. The lowest BCUT2D eigenvalue weighted by atomic mass is 9.90. The Morgan fingerprint density at radius 3 is 1.95 bits per heavy atom. The van der Waals surface area contributed by atoms with Crippen molar-refractivity contribution in [2.24, 2.45) is 0 Å². The third kappa shape index (κ3) is 6.59. The average Bonchev–Trinajstić information content (AvgIpc) is 2.79. The Hall–Kier alpha value is -3.16. The molecule has 0 saturated carbocycles. The second-order valence-corrected chi connectivity index (χ2v) is 8.36. The third-order valence-corrected chi connectivity index (χ3v) is 5.76. The number of halogens is 9. The number of fused-ring (bicyclic) bond motifs is 1. The number of hydrogen-bond donors (Lipinski definition) is 1. The van der Waals surface area contributed by atoms with E-state index in [0.717, 1.165) is 30.2 Å². The van der Waals surface area contributed by atoms with Crippen LogP contribution in [0.4, 0.5) is 50.0 Å². The van der Waals surface area contributed by atoms with Gasteiger partial charge in [0.05, 0.1) is 42.5 Å². The number of benzene rings is 2. The summed E-state index contributed by atoms with van der Waals surface area (Å²) >= 11 is 0. The Bertz CT molecular complexity index is 1100. The number of rotatable bonds is 5. The van der Waals surface area contributed by atoms with Gasteiger partial charge < -0.3 is 14.8 Å². The van der Waals surface area contributed by atoms with Crippen molar-refractivity contribution in [3.05, 3.63) is 64.2 Å². The van der Waals surface area contributed by atoms with E-state index in [1.807, 2.05) is 0 Å². The Morgan fingerprint density at radius 2 is 1.46 bits per heavy atom. The van der Waals surface area contributed by atoms with Gasteiger partial charge in [-0.25, -0.2) is 4.79 Å². The van der Waals surface area contributed by atoms with Gasteiger partial charge in [-0.1, -0.05) is 0 Å². The van der Waals surface area contributed by atoms with E-state index in [0.29, 0.717) is 12.1 Å². The van der Waals surface area contributed by atoms with Gasteiger partial charge in [0.25, 0.3) is 0 Å². The predicted molar refractivity (Wildman–Crippen MR) is 112 cm³/mol. The molecule has 204 valence electrons. The van der Waals surface area contributed by atoms with E-state index in [2.05, 4.69) is 5.32 Å². The van der Waals surface area contributed by atoms with Crippen LogP contribution in [-0.2, 0) is 34.5 Å². The van der Waals surface area contributed by atoms with Gasteiger partial charge in [-0.15, -0.1) is 0 Å². The molecule has 0 unspecified atom stereocenters. The lowest BCUT2D eigenvalue weighted by molar-refractivity contribution is -0.143. The summed E-state index contributed by atoms with van der Waals surface area (Å²) in [6, 6.07) is 1.82. The van der Waals surface area contributed by atoms with Crippen LogP contribution in [0, 0.1) is 0 Å². The minimum atomic E-state index is -5.13. The van der Waals surface area contributed by atoms with Crippen LogP contribution in [0.5, 0.6) is 0 Å². The SMILES string of the molecule is COC[C@@H]1C[C@H](N(Cc2cc(C(F)(F)F)cc(C(F)(F)F)c2)C(=O)OC)c2cc(C(F)(F)F)ccc2N1. The first-order valence-corrected chi connectivity index (χ1v) is 10.6. The van der Waals surface area contributed by atoms with E-state index in [1.165, 1.54) is 7.11 Å². The zero-order chi connectivity index (χ0) is 27.8. The number of carbonyl (C=O) groups excluding carboxylic acids is 1. The molecule has 1 aliphatic rings. The average molecular weight is 544 g/mol. The van der Waals surface area contributed by atoms with E-state index in [4.69, 9.17) is 9.47 Å². The highest BCUT2D eigenvalue weighted by Crippen LogP contribution is 2.42. The highest BCUT2D eigenvalue weighted by molar-refractivity contribution is 5.70. The summed E-state index contributed by atoms with van der Waals surface area (Å²) in [5, 5.41) is 2.97. The third-order valence-electron chi connectivity index (χ3n) is 5.76. The number of methoxy groups -OCH3 is 2. The van der Waals surface area contributed by atoms with Crippen LogP contribution >= 0.6 is 0 Å². The molecule has 1 N–H and O–H groups in total. The molecule has 0 saturated heterocycles. The number of alkyl halides is 9. The molecule has 1 aliphatic heterocycles. The first-order chi connectivity index (χ1) is 17.0. The number of ether oxygens (including phenoxy) is 2. The number of nitrogens with zero attached hydrogens (tertiary/aromatic N) is 1. The lowest BCUT2D eigenvalue weighted by Gasteiger charge is -2.39. The molecule has 2 aromatic rings. The van der Waals surface area contributed by atoms with Crippen LogP contribution in [-0.4, -0.2) is 37.9 Å². The van der Waals surface area contributed by atoms with Crippen LogP contribution in [0.15, 0.2) is 36.4 Å². The zero-order valence-corrected chi connectivity index (χ0v) is 19.3. The van der Waals surface area contributed by atoms with E-state index in [1.54, 1.807) is 0 Å². The highest BCUT2D eigenvalue weighted by Gasteiger charge is 2.40. The molecule has 0 aliphatic carbocycles. The Labute approximate surface area is 205 Å². The fraction of sp³-hybridized carbons (Fsp3) is 0.435.